The van der Waals surface area contributed by atoms with Gasteiger partial charge in [-0.3, -0.25) is 0 Å². The number of hydrogen-bond donors (Lipinski definition) is 1. The highest BCUT2D eigenvalue weighted by atomic mass is 19.4. The topological polar surface area (TPSA) is 12.0 Å². The van der Waals surface area contributed by atoms with E-state index in [9.17, 15) is 13.2 Å². The van der Waals surface area contributed by atoms with Crippen LogP contribution in [0, 0.1) is 11.8 Å². The SMILES string of the molecule is CCC1CCC(C(CCC(F)(F)F)NC)CC1. The maximum atomic E-state index is 12.2. The lowest BCUT2D eigenvalue weighted by Crippen LogP contribution is -2.36. The van der Waals surface area contributed by atoms with Crippen LogP contribution in [0.4, 0.5) is 13.2 Å². The van der Waals surface area contributed by atoms with Crippen LogP contribution in [0.5, 0.6) is 0 Å². The fourth-order valence-corrected chi connectivity index (χ4v) is 2.93. The van der Waals surface area contributed by atoms with Crippen LogP contribution in [0.3, 0.4) is 0 Å². The van der Waals surface area contributed by atoms with Gasteiger partial charge in [-0.15, -0.1) is 0 Å². The maximum absolute atomic E-state index is 12.2. The van der Waals surface area contributed by atoms with Crippen molar-refractivity contribution in [2.24, 2.45) is 11.8 Å². The number of alkyl halides is 3. The van der Waals surface area contributed by atoms with Crippen LogP contribution >= 0.6 is 0 Å². The summed E-state index contributed by atoms with van der Waals surface area (Å²) in [6.45, 7) is 2.20. The summed E-state index contributed by atoms with van der Waals surface area (Å²) in [6, 6.07) is 0.0365. The summed E-state index contributed by atoms with van der Waals surface area (Å²) in [5, 5.41) is 3.08. The molecule has 0 saturated heterocycles. The second-order valence-electron chi connectivity index (χ2n) is 5.24. The highest BCUT2D eigenvalue weighted by molar-refractivity contribution is 4.81. The van der Waals surface area contributed by atoms with Crippen LogP contribution in [-0.2, 0) is 0 Å². The van der Waals surface area contributed by atoms with E-state index < -0.39 is 12.6 Å². The second-order valence-corrected chi connectivity index (χ2v) is 5.24. The van der Waals surface area contributed by atoms with E-state index >= 15 is 0 Å². The molecule has 4 heteroatoms. The Labute approximate surface area is 102 Å². The minimum Gasteiger partial charge on any atom is -0.317 e. The molecule has 1 atom stereocenters. The minimum absolute atomic E-state index is 0.0365. The Bertz CT molecular complexity index is 207. The Morgan fingerprint density at radius 2 is 1.76 bits per heavy atom. The van der Waals surface area contributed by atoms with Crippen LogP contribution in [0.25, 0.3) is 0 Å². The zero-order valence-electron chi connectivity index (χ0n) is 10.8. The Kier molecular flexibility index (Phi) is 5.77. The maximum Gasteiger partial charge on any atom is 0.389 e. The Balaban J connectivity index is 2.35. The van der Waals surface area contributed by atoms with Crippen LogP contribution in [0.15, 0.2) is 0 Å². The molecule has 1 unspecified atom stereocenters. The van der Waals surface area contributed by atoms with E-state index in [1.54, 1.807) is 7.05 Å². The Hall–Kier alpha value is -0.250. The molecule has 0 aromatic rings. The second kappa shape index (κ2) is 6.62. The summed E-state index contributed by atoms with van der Waals surface area (Å²) >= 11 is 0. The summed E-state index contributed by atoms with van der Waals surface area (Å²) in [6.07, 6.45) is 1.29. The van der Waals surface area contributed by atoms with E-state index in [0.29, 0.717) is 5.92 Å². The smallest absolute Gasteiger partial charge is 0.317 e. The molecule has 0 heterocycles. The first-order chi connectivity index (χ1) is 7.96. The van der Waals surface area contributed by atoms with Gasteiger partial charge in [0.15, 0.2) is 0 Å². The lowest BCUT2D eigenvalue weighted by molar-refractivity contribution is -0.137. The molecule has 0 amide bonds. The molecule has 0 radical (unpaired) electrons. The molecule has 0 spiro atoms. The largest absolute Gasteiger partial charge is 0.389 e. The molecular weight excluding hydrogens is 227 g/mol. The van der Waals surface area contributed by atoms with E-state index in [0.717, 1.165) is 18.8 Å². The van der Waals surface area contributed by atoms with Gasteiger partial charge in [0.2, 0.25) is 0 Å². The van der Waals surface area contributed by atoms with Crippen LogP contribution in [-0.4, -0.2) is 19.3 Å². The van der Waals surface area contributed by atoms with E-state index in [-0.39, 0.29) is 12.5 Å². The van der Waals surface area contributed by atoms with Crippen LogP contribution in [0.1, 0.15) is 51.9 Å². The third kappa shape index (κ3) is 5.28. The molecule has 1 aliphatic carbocycles. The first-order valence-corrected chi connectivity index (χ1v) is 6.70. The normalized spacial score (nSPS) is 28.1. The van der Waals surface area contributed by atoms with Gasteiger partial charge in [0.05, 0.1) is 0 Å². The van der Waals surface area contributed by atoms with Gasteiger partial charge >= 0.3 is 6.18 Å². The standard InChI is InChI=1S/C13H24F3N/c1-3-10-4-6-11(7-5-10)12(17-2)8-9-13(14,15)16/h10-12,17H,3-9H2,1-2H3. The third-order valence-corrected chi connectivity index (χ3v) is 4.15. The first-order valence-electron chi connectivity index (χ1n) is 6.70. The molecule has 0 aromatic heterocycles. The van der Waals surface area contributed by atoms with E-state index in [1.807, 2.05) is 0 Å². The van der Waals surface area contributed by atoms with Crippen molar-refractivity contribution in [3.63, 3.8) is 0 Å². The Morgan fingerprint density at radius 3 is 2.18 bits per heavy atom. The van der Waals surface area contributed by atoms with Crippen molar-refractivity contribution < 1.29 is 13.2 Å². The molecule has 0 aliphatic heterocycles. The van der Waals surface area contributed by atoms with Gasteiger partial charge in [-0.05, 0) is 38.1 Å². The number of nitrogens with one attached hydrogen (secondary N) is 1. The fraction of sp³-hybridized carbons (Fsp3) is 1.00. The van der Waals surface area contributed by atoms with Crippen molar-refractivity contribution in [1.29, 1.82) is 0 Å². The summed E-state index contributed by atoms with van der Waals surface area (Å²) in [5.74, 6) is 1.23. The van der Waals surface area contributed by atoms with Gasteiger partial charge in [-0.2, -0.15) is 13.2 Å². The molecule has 1 aliphatic rings. The molecule has 17 heavy (non-hydrogen) atoms. The lowest BCUT2D eigenvalue weighted by atomic mass is 9.76. The van der Waals surface area contributed by atoms with Gasteiger partial charge in [0.1, 0.15) is 0 Å². The molecule has 102 valence electrons. The first kappa shape index (κ1) is 14.8. The summed E-state index contributed by atoms with van der Waals surface area (Å²) in [7, 11) is 1.78. The molecule has 1 fully saturated rings. The third-order valence-electron chi connectivity index (χ3n) is 4.15. The predicted molar refractivity (Wildman–Crippen MR) is 63.9 cm³/mol. The van der Waals surface area contributed by atoms with Crippen molar-refractivity contribution in [3.8, 4) is 0 Å². The lowest BCUT2D eigenvalue weighted by Gasteiger charge is -2.33. The molecule has 1 rings (SSSR count). The fourth-order valence-electron chi connectivity index (χ4n) is 2.93. The van der Waals surface area contributed by atoms with Crippen molar-refractivity contribution in [1.82, 2.24) is 5.32 Å². The van der Waals surface area contributed by atoms with Crippen molar-refractivity contribution in [3.05, 3.63) is 0 Å². The molecule has 1 saturated carbocycles. The van der Waals surface area contributed by atoms with E-state index in [2.05, 4.69) is 12.2 Å². The van der Waals surface area contributed by atoms with Gasteiger partial charge in [0, 0.05) is 12.5 Å². The highest BCUT2D eigenvalue weighted by Gasteiger charge is 2.31. The van der Waals surface area contributed by atoms with Crippen molar-refractivity contribution >= 4 is 0 Å². The average molecular weight is 251 g/mol. The van der Waals surface area contributed by atoms with E-state index in [1.165, 1.54) is 19.3 Å². The zero-order chi connectivity index (χ0) is 12.9. The Morgan fingerprint density at radius 1 is 1.18 bits per heavy atom. The monoisotopic (exact) mass is 251 g/mol. The highest BCUT2D eigenvalue weighted by Crippen LogP contribution is 2.34. The summed E-state index contributed by atoms with van der Waals surface area (Å²) < 4.78 is 36.6. The molecular formula is C13H24F3N. The van der Waals surface area contributed by atoms with E-state index in [4.69, 9.17) is 0 Å². The number of hydrogen-bond acceptors (Lipinski definition) is 1. The van der Waals surface area contributed by atoms with Gasteiger partial charge in [-0.25, -0.2) is 0 Å². The van der Waals surface area contributed by atoms with Crippen LogP contribution < -0.4 is 5.32 Å². The van der Waals surface area contributed by atoms with Crippen LogP contribution in [0.2, 0.25) is 0 Å². The van der Waals surface area contributed by atoms with Crippen molar-refractivity contribution in [2.45, 2.75) is 64.1 Å². The zero-order valence-corrected chi connectivity index (χ0v) is 10.8. The molecule has 0 bridgehead atoms. The average Bonchev–Trinajstić information content (AvgIpc) is 2.29. The minimum atomic E-state index is -4.02. The van der Waals surface area contributed by atoms with Gasteiger partial charge in [-0.1, -0.05) is 26.2 Å². The van der Waals surface area contributed by atoms with Gasteiger partial charge in [0.25, 0.3) is 0 Å². The van der Waals surface area contributed by atoms with Crippen molar-refractivity contribution in [2.75, 3.05) is 7.05 Å². The van der Waals surface area contributed by atoms with Gasteiger partial charge < -0.3 is 5.32 Å². The summed E-state index contributed by atoms with van der Waals surface area (Å²) in [5.41, 5.74) is 0. The molecule has 0 aromatic carbocycles. The quantitative estimate of drug-likeness (QED) is 0.774. The predicted octanol–water partition coefficient (Wildman–Crippen LogP) is 4.13. The molecule has 1 nitrogen and oxygen atoms in total. The molecule has 1 N–H and O–H groups in total. The summed E-state index contributed by atoms with van der Waals surface area (Å²) in [4.78, 5) is 0. The number of rotatable bonds is 5. The number of halogens is 3.